The Hall–Kier alpha value is -1.55. The van der Waals surface area contributed by atoms with Crippen molar-refractivity contribution < 1.29 is 19.1 Å². The maximum absolute atomic E-state index is 10.6. The Bertz CT molecular complexity index is 429. The Labute approximate surface area is 104 Å². The molecule has 0 saturated carbocycles. The van der Waals surface area contributed by atoms with Gasteiger partial charge in [0.2, 0.25) is 0 Å². The van der Waals surface area contributed by atoms with Gasteiger partial charge in [-0.3, -0.25) is 9.59 Å². The maximum Gasteiger partial charge on any atom is 0.302 e. The second-order valence-corrected chi connectivity index (χ2v) is 3.89. The summed E-state index contributed by atoms with van der Waals surface area (Å²) in [4.78, 5) is 21.3. The number of hydrogen-bond acceptors (Lipinski definition) is 4. The van der Waals surface area contributed by atoms with Gasteiger partial charge in [0.1, 0.15) is 13.2 Å². The highest BCUT2D eigenvalue weighted by molar-refractivity contribution is 6.31. The first-order chi connectivity index (χ1) is 7.99. The van der Waals surface area contributed by atoms with E-state index in [1.165, 1.54) is 13.8 Å². The van der Waals surface area contributed by atoms with Gasteiger partial charge in [-0.15, -0.1) is 0 Å². The molecule has 0 N–H and O–H groups in total. The van der Waals surface area contributed by atoms with Crippen molar-refractivity contribution in [3.8, 4) is 0 Å². The summed E-state index contributed by atoms with van der Waals surface area (Å²) in [6.07, 6.45) is 0. The van der Waals surface area contributed by atoms with Gasteiger partial charge in [0.05, 0.1) is 0 Å². The third kappa shape index (κ3) is 4.87. The zero-order chi connectivity index (χ0) is 12.8. The lowest BCUT2D eigenvalue weighted by Gasteiger charge is -2.07. The van der Waals surface area contributed by atoms with Crippen molar-refractivity contribution in [2.75, 3.05) is 0 Å². The van der Waals surface area contributed by atoms with E-state index in [2.05, 4.69) is 0 Å². The quantitative estimate of drug-likeness (QED) is 0.777. The van der Waals surface area contributed by atoms with E-state index in [1.54, 1.807) is 18.2 Å². The average molecular weight is 257 g/mol. The molecule has 0 atom stereocenters. The molecule has 5 heteroatoms. The molecule has 1 aromatic carbocycles. The van der Waals surface area contributed by atoms with E-state index in [4.69, 9.17) is 21.1 Å². The van der Waals surface area contributed by atoms with E-state index < -0.39 is 0 Å². The molecule has 0 amide bonds. The van der Waals surface area contributed by atoms with Crippen molar-refractivity contribution >= 4 is 23.5 Å². The third-order valence-electron chi connectivity index (χ3n) is 1.99. The summed E-state index contributed by atoms with van der Waals surface area (Å²) in [5.41, 5.74) is 1.50. The molecule has 92 valence electrons. The Balaban J connectivity index is 2.65. The fourth-order valence-corrected chi connectivity index (χ4v) is 1.42. The van der Waals surface area contributed by atoms with E-state index in [9.17, 15) is 9.59 Å². The zero-order valence-corrected chi connectivity index (χ0v) is 10.4. The van der Waals surface area contributed by atoms with Crippen LogP contribution in [0.15, 0.2) is 18.2 Å². The highest BCUT2D eigenvalue weighted by Crippen LogP contribution is 2.19. The molecule has 0 heterocycles. The van der Waals surface area contributed by atoms with Crippen LogP contribution in [0.1, 0.15) is 25.0 Å². The third-order valence-corrected chi connectivity index (χ3v) is 2.34. The summed E-state index contributed by atoms with van der Waals surface area (Å²) in [5.74, 6) is -0.699. The van der Waals surface area contributed by atoms with Crippen LogP contribution in [-0.4, -0.2) is 11.9 Å². The average Bonchev–Trinajstić information content (AvgIpc) is 2.24. The summed E-state index contributed by atoms with van der Waals surface area (Å²) >= 11 is 6.00. The summed E-state index contributed by atoms with van der Waals surface area (Å²) in [6, 6.07) is 5.20. The molecule has 0 unspecified atom stereocenters. The monoisotopic (exact) mass is 256 g/mol. The molecular formula is C12H13ClO4. The first kappa shape index (κ1) is 13.5. The number of carbonyl (C=O) groups is 2. The highest BCUT2D eigenvalue weighted by atomic mass is 35.5. The lowest BCUT2D eigenvalue weighted by Crippen LogP contribution is -2.01. The molecule has 0 aliphatic rings. The largest absolute Gasteiger partial charge is 0.461 e. The fourth-order valence-electron chi connectivity index (χ4n) is 1.16. The Morgan fingerprint density at radius 2 is 1.71 bits per heavy atom. The van der Waals surface area contributed by atoms with Crippen LogP contribution in [0.5, 0.6) is 0 Å². The van der Waals surface area contributed by atoms with E-state index in [1.807, 2.05) is 0 Å². The lowest BCUT2D eigenvalue weighted by molar-refractivity contribution is -0.143. The van der Waals surface area contributed by atoms with E-state index in [-0.39, 0.29) is 25.2 Å². The van der Waals surface area contributed by atoms with E-state index >= 15 is 0 Å². The summed E-state index contributed by atoms with van der Waals surface area (Å²) in [7, 11) is 0. The molecule has 0 radical (unpaired) electrons. The number of benzene rings is 1. The second kappa shape index (κ2) is 6.25. The molecule has 1 rings (SSSR count). The minimum absolute atomic E-state index is 0.141. The van der Waals surface area contributed by atoms with Crippen molar-refractivity contribution in [1.29, 1.82) is 0 Å². The van der Waals surface area contributed by atoms with Gasteiger partial charge in [-0.1, -0.05) is 23.7 Å². The fraction of sp³-hybridized carbons (Fsp3) is 0.333. The summed E-state index contributed by atoms with van der Waals surface area (Å²) in [6.45, 7) is 3.00. The van der Waals surface area contributed by atoms with Crippen LogP contribution in [0.25, 0.3) is 0 Å². The normalized spacial score (nSPS) is 9.82. The summed E-state index contributed by atoms with van der Waals surface area (Å²) in [5, 5.41) is 0.482. The lowest BCUT2D eigenvalue weighted by atomic mass is 10.1. The molecule has 4 nitrogen and oxygen atoms in total. The summed E-state index contributed by atoms with van der Waals surface area (Å²) < 4.78 is 9.68. The van der Waals surface area contributed by atoms with Crippen molar-refractivity contribution in [3.63, 3.8) is 0 Å². The number of halogens is 1. The SMILES string of the molecule is CC(=O)OCc1ccc(COC(C)=O)c(Cl)c1. The smallest absolute Gasteiger partial charge is 0.302 e. The molecular weight excluding hydrogens is 244 g/mol. The van der Waals surface area contributed by atoms with Crippen molar-refractivity contribution in [2.24, 2.45) is 0 Å². The van der Waals surface area contributed by atoms with Gasteiger partial charge in [0, 0.05) is 24.4 Å². The second-order valence-electron chi connectivity index (χ2n) is 3.49. The van der Waals surface area contributed by atoms with Gasteiger partial charge >= 0.3 is 11.9 Å². The van der Waals surface area contributed by atoms with Crippen LogP contribution < -0.4 is 0 Å². The van der Waals surface area contributed by atoms with Crippen LogP contribution in [0, 0.1) is 0 Å². The van der Waals surface area contributed by atoms with Crippen molar-refractivity contribution in [2.45, 2.75) is 27.1 Å². The number of rotatable bonds is 4. The van der Waals surface area contributed by atoms with Gasteiger partial charge in [-0.25, -0.2) is 0 Å². The molecule has 0 bridgehead atoms. The number of carbonyl (C=O) groups excluding carboxylic acids is 2. The molecule has 17 heavy (non-hydrogen) atoms. The Morgan fingerprint density at radius 3 is 2.24 bits per heavy atom. The first-order valence-corrected chi connectivity index (χ1v) is 5.41. The predicted molar refractivity (Wildman–Crippen MR) is 62.4 cm³/mol. The van der Waals surface area contributed by atoms with Gasteiger partial charge in [-0.05, 0) is 11.6 Å². The van der Waals surface area contributed by atoms with Gasteiger partial charge in [0.25, 0.3) is 0 Å². The predicted octanol–water partition coefficient (Wildman–Crippen LogP) is 2.47. The topological polar surface area (TPSA) is 52.6 Å². The molecule has 0 fully saturated rings. The number of ether oxygens (including phenoxy) is 2. The van der Waals surface area contributed by atoms with Crippen LogP contribution in [0.2, 0.25) is 5.02 Å². The van der Waals surface area contributed by atoms with Gasteiger partial charge in [0.15, 0.2) is 0 Å². The minimum Gasteiger partial charge on any atom is -0.461 e. The van der Waals surface area contributed by atoms with E-state index in [0.29, 0.717) is 10.6 Å². The highest BCUT2D eigenvalue weighted by Gasteiger charge is 2.05. The van der Waals surface area contributed by atoms with Crippen molar-refractivity contribution in [3.05, 3.63) is 34.3 Å². The molecule has 0 aliphatic heterocycles. The van der Waals surface area contributed by atoms with Gasteiger partial charge < -0.3 is 9.47 Å². The van der Waals surface area contributed by atoms with Crippen LogP contribution in [0.4, 0.5) is 0 Å². The standard InChI is InChI=1S/C12H13ClO4/c1-8(14)16-6-10-3-4-11(12(13)5-10)7-17-9(2)15/h3-5H,6-7H2,1-2H3. The van der Waals surface area contributed by atoms with E-state index in [0.717, 1.165) is 5.56 Å². The van der Waals surface area contributed by atoms with Crippen LogP contribution >= 0.6 is 11.6 Å². The first-order valence-electron chi connectivity index (χ1n) is 5.03. The Morgan fingerprint density at radius 1 is 1.12 bits per heavy atom. The van der Waals surface area contributed by atoms with Crippen LogP contribution in [-0.2, 0) is 32.3 Å². The molecule has 0 spiro atoms. The number of hydrogen-bond donors (Lipinski definition) is 0. The maximum atomic E-state index is 10.6. The van der Waals surface area contributed by atoms with Crippen LogP contribution in [0.3, 0.4) is 0 Å². The zero-order valence-electron chi connectivity index (χ0n) is 9.66. The van der Waals surface area contributed by atoms with Crippen molar-refractivity contribution in [1.82, 2.24) is 0 Å². The molecule has 0 aliphatic carbocycles. The Kier molecular flexibility index (Phi) is 4.97. The molecule has 0 saturated heterocycles. The molecule has 1 aromatic rings. The number of esters is 2. The minimum atomic E-state index is -0.356. The van der Waals surface area contributed by atoms with Gasteiger partial charge in [-0.2, -0.15) is 0 Å². The molecule has 0 aromatic heterocycles.